The summed E-state index contributed by atoms with van der Waals surface area (Å²) in [4.78, 5) is 18.9. The lowest BCUT2D eigenvalue weighted by Gasteiger charge is -2.10. The number of nitrogens with one attached hydrogen (secondary N) is 2. The number of hydrogen-bond donors (Lipinski definition) is 2. The highest BCUT2D eigenvalue weighted by Gasteiger charge is 2.11. The van der Waals surface area contributed by atoms with Gasteiger partial charge in [-0.15, -0.1) is 22.7 Å². The Morgan fingerprint density at radius 2 is 1.94 bits per heavy atom. The number of carbonyl (C=O) groups excluding carboxylic acids is 1. The lowest BCUT2D eigenvalue weighted by molar-refractivity contribution is 0.0958. The molecule has 0 aliphatic carbocycles. The van der Waals surface area contributed by atoms with Crippen LogP contribution in [0.3, 0.4) is 0 Å². The highest BCUT2D eigenvalue weighted by Crippen LogP contribution is 2.28. The van der Waals surface area contributed by atoms with Crippen LogP contribution in [0.1, 0.15) is 25.8 Å². The number of fused-ring (bicyclic) bond motifs is 1. The number of anilines is 1. The Balaban J connectivity index is 1.20. The minimum atomic E-state index is -0.00733. The van der Waals surface area contributed by atoms with Crippen molar-refractivity contribution in [1.29, 1.82) is 0 Å². The van der Waals surface area contributed by atoms with Gasteiger partial charge in [-0.3, -0.25) is 4.79 Å². The predicted molar refractivity (Wildman–Crippen MR) is 137 cm³/mol. The van der Waals surface area contributed by atoms with Gasteiger partial charge in [0, 0.05) is 34.6 Å². The molecule has 5 aromatic rings. The molecule has 166 valence electrons. The zero-order valence-electron chi connectivity index (χ0n) is 18.0. The second-order valence-electron chi connectivity index (χ2n) is 7.80. The molecule has 0 spiro atoms. The Bertz CT molecular complexity index is 1340. The molecule has 33 heavy (non-hydrogen) atoms. The van der Waals surface area contributed by atoms with E-state index in [1.807, 2.05) is 30.7 Å². The quantitative estimate of drug-likeness (QED) is 0.285. The first-order valence-corrected chi connectivity index (χ1v) is 12.6. The molecule has 0 saturated carbocycles. The van der Waals surface area contributed by atoms with E-state index in [1.165, 1.54) is 21.8 Å². The second-order valence-corrected chi connectivity index (χ2v) is 9.92. The van der Waals surface area contributed by atoms with Crippen LogP contribution in [0, 0.1) is 0 Å². The zero-order valence-corrected chi connectivity index (χ0v) is 19.7. The normalized spacial score (nSPS) is 11.0. The number of amides is 1. The summed E-state index contributed by atoms with van der Waals surface area (Å²) in [7, 11) is 0. The van der Waals surface area contributed by atoms with Crippen molar-refractivity contribution >= 4 is 44.4 Å². The van der Waals surface area contributed by atoms with Crippen LogP contribution in [0.5, 0.6) is 0 Å². The molecule has 5 nitrogen and oxygen atoms in total. The molecule has 0 saturated heterocycles. The van der Waals surface area contributed by atoms with Crippen molar-refractivity contribution in [2.75, 3.05) is 11.9 Å². The van der Waals surface area contributed by atoms with Gasteiger partial charge >= 0.3 is 0 Å². The van der Waals surface area contributed by atoms with Crippen molar-refractivity contribution in [3.8, 4) is 0 Å². The first-order chi connectivity index (χ1) is 16.2. The van der Waals surface area contributed by atoms with Crippen LogP contribution in [0.4, 0.5) is 5.69 Å². The van der Waals surface area contributed by atoms with E-state index in [2.05, 4.69) is 74.1 Å². The molecule has 2 N–H and O–H groups in total. The lowest BCUT2D eigenvalue weighted by Crippen LogP contribution is -2.24. The summed E-state index contributed by atoms with van der Waals surface area (Å²) < 4.78 is 3.27. The summed E-state index contributed by atoms with van der Waals surface area (Å²) in [6, 6.07) is 22.7. The summed E-state index contributed by atoms with van der Waals surface area (Å²) in [5.74, 6) is -0.00733. The fourth-order valence-electron chi connectivity index (χ4n) is 3.72. The maximum Gasteiger partial charge on any atom is 0.261 e. The standard InChI is InChI=1S/C26H24N4OS2/c31-26(28-11-10-23-7-4-12-32-23)25-14-20-13-21(8-9-24(20)33-25)29-16-22-15-27-18-30(22)17-19-5-2-1-3-6-19/h1-9,12-15,18,29H,10-11,16-17H2,(H,28,31). The van der Waals surface area contributed by atoms with Crippen LogP contribution in [-0.2, 0) is 19.5 Å². The van der Waals surface area contributed by atoms with E-state index < -0.39 is 0 Å². The molecule has 0 unspecified atom stereocenters. The zero-order chi connectivity index (χ0) is 22.5. The van der Waals surface area contributed by atoms with Gasteiger partial charge in [0.2, 0.25) is 0 Å². The van der Waals surface area contributed by atoms with Gasteiger partial charge in [-0.25, -0.2) is 4.98 Å². The number of benzene rings is 2. The monoisotopic (exact) mass is 472 g/mol. The molecule has 0 bridgehead atoms. The maximum absolute atomic E-state index is 12.6. The van der Waals surface area contributed by atoms with Crippen molar-refractivity contribution in [2.45, 2.75) is 19.5 Å². The first-order valence-electron chi connectivity index (χ1n) is 10.9. The smallest absolute Gasteiger partial charge is 0.261 e. The van der Waals surface area contributed by atoms with Crippen LogP contribution in [0.25, 0.3) is 10.1 Å². The van der Waals surface area contributed by atoms with Gasteiger partial charge in [0.25, 0.3) is 5.91 Å². The number of nitrogens with zero attached hydrogens (tertiary/aromatic N) is 2. The minimum absolute atomic E-state index is 0.00733. The van der Waals surface area contributed by atoms with Crippen molar-refractivity contribution in [2.24, 2.45) is 0 Å². The van der Waals surface area contributed by atoms with E-state index >= 15 is 0 Å². The maximum atomic E-state index is 12.6. The van der Waals surface area contributed by atoms with E-state index in [-0.39, 0.29) is 5.91 Å². The molecule has 0 aliphatic heterocycles. The highest BCUT2D eigenvalue weighted by atomic mass is 32.1. The average molecular weight is 473 g/mol. The van der Waals surface area contributed by atoms with Gasteiger partial charge in [0.1, 0.15) is 0 Å². The third-order valence-electron chi connectivity index (χ3n) is 5.45. The predicted octanol–water partition coefficient (Wildman–Crippen LogP) is 5.79. The van der Waals surface area contributed by atoms with Crippen LogP contribution in [-0.4, -0.2) is 22.0 Å². The molecule has 5 rings (SSSR count). The van der Waals surface area contributed by atoms with E-state index in [0.717, 1.165) is 39.3 Å². The van der Waals surface area contributed by atoms with E-state index in [9.17, 15) is 4.79 Å². The molecular formula is C26H24N4OS2. The number of thiophene rings is 2. The topological polar surface area (TPSA) is 59.0 Å². The fourth-order valence-corrected chi connectivity index (χ4v) is 5.39. The van der Waals surface area contributed by atoms with Gasteiger partial charge in [0.05, 0.1) is 23.4 Å². The van der Waals surface area contributed by atoms with Gasteiger partial charge < -0.3 is 15.2 Å². The lowest BCUT2D eigenvalue weighted by atomic mass is 10.2. The largest absolute Gasteiger partial charge is 0.379 e. The minimum Gasteiger partial charge on any atom is -0.379 e. The highest BCUT2D eigenvalue weighted by molar-refractivity contribution is 7.20. The summed E-state index contributed by atoms with van der Waals surface area (Å²) in [5, 5.41) is 9.67. The van der Waals surface area contributed by atoms with Gasteiger partial charge in [-0.2, -0.15) is 0 Å². The van der Waals surface area contributed by atoms with Crippen molar-refractivity contribution in [3.05, 3.63) is 106 Å². The molecule has 1 amide bonds. The Hall–Kier alpha value is -3.42. The molecule has 0 radical (unpaired) electrons. The van der Waals surface area contributed by atoms with E-state index in [4.69, 9.17) is 0 Å². The SMILES string of the molecule is O=C(NCCc1cccs1)c1cc2cc(NCc3cncn3Cc3ccccc3)ccc2s1. The number of aromatic nitrogens is 2. The molecule has 0 fully saturated rings. The van der Waals surface area contributed by atoms with Gasteiger partial charge in [-0.05, 0) is 53.1 Å². The number of carbonyl (C=O) groups is 1. The average Bonchev–Trinajstić information content (AvgIpc) is 3.59. The van der Waals surface area contributed by atoms with Crippen LogP contribution < -0.4 is 10.6 Å². The van der Waals surface area contributed by atoms with Crippen LogP contribution >= 0.6 is 22.7 Å². The van der Waals surface area contributed by atoms with Crippen molar-refractivity contribution < 1.29 is 4.79 Å². The molecule has 3 aromatic heterocycles. The van der Waals surface area contributed by atoms with Gasteiger partial charge in [-0.1, -0.05) is 36.4 Å². The third kappa shape index (κ3) is 5.32. The first kappa shape index (κ1) is 21.4. The summed E-state index contributed by atoms with van der Waals surface area (Å²) in [6.45, 7) is 2.13. The summed E-state index contributed by atoms with van der Waals surface area (Å²) in [6.07, 6.45) is 4.64. The van der Waals surface area contributed by atoms with Gasteiger partial charge in [0.15, 0.2) is 0 Å². The van der Waals surface area contributed by atoms with Crippen molar-refractivity contribution in [1.82, 2.24) is 14.9 Å². The molecule has 0 aliphatic rings. The molecular weight excluding hydrogens is 448 g/mol. The van der Waals surface area contributed by atoms with Crippen LogP contribution in [0.15, 0.2) is 84.6 Å². The number of rotatable bonds is 9. The summed E-state index contributed by atoms with van der Waals surface area (Å²) >= 11 is 3.25. The van der Waals surface area contributed by atoms with E-state index in [0.29, 0.717) is 13.1 Å². The number of imidazole rings is 1. The Labute approximate surface area is 200 Å². The number of hydrogen-bond acceptors (Lipinski definition) is 5. The Morgan fingerprint density at radius 1 is 1.03 bits per heavy atom. The fraction of sp³-hybridized carbons (Fsp3) is 0.154. The third-order valence-corrected chi connectivity index (χ3v) is 7.50. The molecule has 2 aromatic carbocycles. The molecule has 0 atom stereocenters. The van der Waals surface area contributed by atoms with E-state index in [1.54, 1.807) is 11.3 Å². The second kappa shape index (κ2) is 10.0. The Morgan fingerprint density at radius 3 is 2.79 bits per heavy atom. The Kier molecular flexibility index (Phi) is 6.51. The van der Waals surface area contributed by atoms with Crippen LogP contribution in [0.2, 0.25) is 0 Å². The summed E-state index contributed by atoms with van der Waals surface area (Å²) in [5.41, 5.74) is 3.39. The van der Waals surface area contributed by atoms with Crippen molar-refractivity contribution in [3.63, 3.8) is 0 Å². The molecule has 7 heteroatoms. The molecule has 3 heterocycles.